The van der Waals surface area contributed by atoms with Crippen LogP contribution >= 0.6 is 0 Å². The highest BCUT2D eigenvalue weighted by Gasteiger charge is 2.12. The van der Waals surface area contributed by atoms with Gasteiger partial charge in [0.25, 0.3) is 5.91 Å². The molecule has 0 aliphatic carbocycles. The molecule has 8 nitrogen and oxygen atoms in total. The second kappa shape index (κ2) is 7.25. The third-order valence-electron chi connectivity index (χ3n) is 4.71. The Labute approximate surface area is 171 Å². The number of nitrogens with zero attached hydrogens (tertiary/aromatic N) is 5. The Kier molecular flexibility index (Phi) is 4.29. The maximum Gasteiger partial charge on any atom is 0.286 e. The lowest BCUT2D eigenvalue weighted by Crippen LogP contribution is -2.16. The maximum absolute atomic E-state index is 11.6. The summed E-state index contributed by atoms with van der Waals surface area (Å²) >= 11 is 0. The lowest BCUT2D eigenvalue weighted by Gasteiger charge is -2.10. The lowest BCUT2D eigenvalue weighted by atomic mass is 10.2. The smallest absolute Gasteiger partial charge is 0.286 e. The van der Waals surface area contributed by atoms with Gasteiger partial charge in [-0.05, 0) is 42.0 Å². The van der Waals surface area contributed by atoms with Crippen molar-refractivity contribution in [1.82, 2.24) is 25.0 Å². The molecule has 0 fully saturated rings. The minimum Gasteiger partial charge on any atom is -0.363 e. The normalized spacial score (nSPS) is 11.1. The lowest BCUT2D eigenvalue weighted by molar-refractivity contribution is 0.0991. The molecule has 0 aliphatic rings. The van der Waals surface area contributed by atoms with Crippen molar-refractivity contribution >= 4 is 39.3 Å². The molecule has 30 heavy (non-hydrogen) atoms. The summed E-state index contributed by atoms with van der Waals surface area (Å²) in [5.74, 6) is -0.264. The number of carbonyl (C=O) groups is 1. The van der Waals surface area contributed by atoms with Crippen LogP contribution in [0.15, 0.2) is 66.7 Å². The van der Waals surface area contributed by atoms with Crippen LogP contribution in [0.3, 0.4) is 0 Å². The summed E-state index contributed by atoms with van der Waals surface area (Å²) in [4.78, 5) is 20.1. The van der Waals surface area contributed by atoms with Gasteiger partial charge in [0.15, 0.2) is 0 Å². The highest BCUT2D eigenvalue weighted by molar-refractivity contribution is 5.96. The number of nitrogens with two attached hydrogens (primary N) is 1. The van der Waals surface area contributed by atoms with Crippen LogP contribution < -0.4 is 11.1 Å². The van der Waals surface area contributed by atoms with Crippen molar-refractivity contribution in [3.8, 4) is 0 Å². The number of hydrogen-bond acceptors (Lipinski definition) is 6. The molecule has 3 aromatic carbocycles. The zero-order chi connectivity index (χ0) is 20.5. The van der Waals surface area contributed by atoms with E-state index in [-0.39, 0.29) is 5.82 Å². The van der Waals surface area contributed by atoms with Gasteiger partial charge in [-0.15, -0.1) is 5.10 Å². The second-order valence-electron chi connectivity index (χ2n) is 6.76. The summed E-state index contributed by atoms with van der Waals surface area (Å²) < 4.78 is 1.86. The number of hydrogen-bond donors (Lipinski definition) is 2. The average Bonchev–Trinajstić information content (AvgIpc) is 3.16. The van der Waals surface area contributed by atoms with Gasteiger partial charge >= 0.3 is 0 Å². The van der Waals surface area contributed by atoms with Gasteiger partial charge in [-0.2, -0.15) is 0 Å². The molecular weight excluding hydrogens is 378 g/mol. The van der Waals surface area contributed by atoms with Gasteiger partial charge in [0, 0.05) is 11.1 Å². The molecule has 3 N–H and O–H groups in total. The Morgan fingerprint density at radius 3 is 2.77 bits per heavy atom. The standard InChI is InChI=1S/C22H16N7O/c23-20(30)22-25-17-9-5-4-8-16(17)21(26-22)24-15-10-11-19-18(12-15)27-28-29(19)13-14-6-2-1-3-7-14/h1-3,5-12H,13H2,(H2,23,30)(H,24,25,26). The number of amides is 1. The van der Waals surface area contributed by atoms with Crippen LogP contribution in [0.2, 0.25) is 0 Å². The largest absolute Gasteiger partial charge is 0.363 e. The van der Waals surface area contributed by atoms with E-state index in [0.29, 0.717) is 17.9 Å². The van der Waals surface area contributed by atoms with Gasteiger partial charge in [0.05, 0.1) is 17.6 Å². The van der Waals surface area contributed by atoms with Crippen LogP contribution in [-0.4, -0.2) is 30.9 Å². The van der Waals surface area contributed by atoms with Crippen molar-refractivity contribution in [3.05, 3.63) is 84.2 Å². The van der Waals surface area contributed by atoms with Gasteiger partial charge in [-0.1, -0.05) is 41.6 Å². The van der Waals surface area contributed by atoms with Crippen molar-refractivity contribution in [2.45, 2.75) is 6.54 Å². The molecule has 0 aliphatic heterocycles. The maximum atomic E-state index is 11.6. The summed E-state index contributed by atoms with van der Waals surface area (Å²) in [5, 5.41) is 12.5. The molecule has 0 saturated carbocycles. The molecule has 8 heteroatoms. The molecule has 2 aromatic heterocycles. The molecule has 0 spiro atoms. The summed E-state index contributed by atoms with van der Waals surface area (Å²) in [5.41, 5.74) is 9.56. The number of primary amides is 1. The first kappa shape index (κ1) is 17.7. The monoisotopic (exact) mass is 394 g/mol. The van der Waals surface area contributed by atoms with E-state index in [1.165, 1.54) is 0 Å². The molecule has 145 valence electrons. The number of carbonyl (C=O) groups excluding carboxylic acids is 1. The first-order chi connectivity index (χ1) is 14.7. The Morgan fingerprint density at radius 1 is 1.07 bits per heavy atom. The van der Waals surface area contributed by atoms with Crippen molar-refractivity contribution in [3.63, 3.8) is 0 Å². The zero-order valence-corrected chi connectivity index (χ0v) is 15.8. The van der Waals surface area contributed by atoms with Crippen LogP contribution in [0, 0.1) is 6.07 Å². The first-order valence-corrected chi connectivity index (χ1v) is 9.29. The van der Waals surface area contributed by atoms with Crippen molar-refractivity contribution in [2.24, 2.45) is 5.73 Å². The minimum absolute atomic E-state index is 0.0499. The number of benzene rings is 3. The van der Waals surface area contributed by atoms with E-state index in [0.717, 1.165) is 27.7 Å². The Hall–Kier alpha value is -4.33. The SMILES string of the molecule is NC(=O)c1nc(Nc2ccc3c(c2)nnn3Cc2ccccc2)c2c[c]ccc2n1. The van der Waals surface area contributed by atoms with Gasteiger partial charge in [0.1, 0.15) is 11.3 Å². The number of nitrogens with one attached hydrogen (secondary N) is 1. The first-order valence-electron chi connectivity index (χ1n) is 9.29. The van der Waals surface area contributed by atoms with Crippen LogP contribution in [0.25, 0.3) is 21.9 Å². The summed E-state index contributed by atoms with van der Waals surface area (Å²) in [6, 6.07) is 24.1. The third kappa shape index (κ3) is 3.30. The molecular formula is C22H16N7O. The van der Waals surface area contributed by atoms with E-state index in [2.05, 4.69) is 43.8 Å². The van der Waals surface area contributed by atoms with E-state index >= 15 is 0 Å². The van der Waals surface area contributed by atoms with Crippen LogP contribution in [0.4, 0.5) is 11.5 Å². The fraction of sp³-hybridized carbons (Fsp3) is 0.0455. The highest BCUT2D eigenvalue weighted by atomic mass is 16.1. The van der Waals surface area contributed by atoms with E-state index in [4.69, 9.17) is 5.73 Å². The Balaban J connectivity index is 1.50. The number of aromatic nitrogens is 5. The Morgan fingerprint density at radius 2 is 1.93 bits per heavy atom. The Bertz CT molecular complexity index is 1380. The predicted octanol–water partition coefficient (Wildman–Crippen LogP) is 3.07. The van der Waals surface area contributed by atoms with Gasteiger partial charge in [-0.25, -0.2) is 14.6 Å². The molecule has 5 rings (SSSR count). The quantitative estimate of drug-likeness (QED) is 0.474. The van der Waals surface area contributed by atoms with Gasteiger partial charge < -0.3 is 11.1 Å². The molecule has 0 saturated heterocycles. The van der Waals surface area contributed by atoms with Crippen LogP contribution in [-0.2, 0) is 6.54 Å². The second-order valence-corrected chi connectivity index (χ2v) is 6.76. The molecule has 0 atom stereocenters. The fourth-order valence-electron chi connectivity index (χ4n) is 3.28. The summed E-state index contributed by atoms with van der Waals surface area (Å²) in [6.07, 6.45) is 0. The molecule has 1 amide bonds. The summed E-state index contributed by atoms with van der Waals surface area (Å²) in [7, 11) is 0. The molecule has 1 radical (unpaired) electrons. The molecule has 0 bridgehead atoms. The summed E-state index contributed by atoms with van der Waals surface area (Å²) in [6.45, 7) is 0.637. The average molecular weight is 394 g/mol. The predicted molar refractivity (Wildman–Crippen MR) is 113 cm³/mol. The van der Waals surface area contributed by atoms with Crippen molar-refractivity contribution < 1.29 is 4.79 Å². The molecule has 5 aromatic rings. The zero-order valence-electron chi connectivity index (χ0n) is 15.8. The van der Waals surface area contributed by atoms with Crippen molar-refractivity contribution in [2.75, 3.05) is 5.32 Å². The van der Waals surface area contributed by atoms with Gasteiger partial charge in [-0.3, -0.25) is 4.79 Å². The highest BCUT2D eigenvalue weighted by Crippen LogP contribution is 2.25. The van der Waals surface area contributed by atoms with E-state index < -0.39 is 5.91 Å². The van der Waals surface area contributed by atoms with Crippen molar-refractivity contribution in [1.29, 1.82) is 0 Å². The molecule has 2 heterocycles. The fourth-order valence-corrected chi connectivity index (χ4v) is 3.28. The van der Waals surface area contributed by atoms with Crippen LogP contribution in [0.5, 0.6) is 0 Å². The van der Waals surface area contributed by atoms with Crippen LogP contribution in [0.1, 0.15) is 16.2 Å². The van der Waals surface area contributed by atoms with Gasteiger partial charge in [0.2, 0.25) is 5.82 Å². The number of fused-ring (bicyclic) bond motifs is 2. The number of rotatable bonds is 5. The topological polar surface area (TPSA) is 112 Å². The van der Waals surface area contributed by atoms with E-state index in [9.17, 15) is 4.79 Å². The molecule has 0 unspecified atom stereocenters. The van der Waals surface area contributed by atoms with E-state index in [1.54, 1.807) is 18.2 Å². The number of anilines is 2. The van der Waals surface area contributed by atoms with E-state index in [1.807, 2.05) is 41.1 Å². The third-order valence-corrected chi connectivity index (χ3v) is 4.71. The minimum atomic E-state index is -0.688.